The van der Waals surface area contributed by atoms with E-state index >= 15 is 0 Å². The fourth-order valence-corrected chi connectivity index (χ4v) is 2.51. The standard InChI is InChI=1S/C17H16O3/c1-3-10(2)11-8-9-14-15(16(11)18)17(19)12-6-4-5-7-13(12)20-14/h4-10,18H,3H2,1-2H3. The Kier molecular flexibility index (Phi) is 2.97. The van der Waals surface area contributed by atoms with Crippen molar-refractivity contribution in [3.8, 4) is 5.75 Å². The Morgan fingerprint density at radius 2 is 1.90 bits per heavy atom. The van der Waals surface area contributed by atoms with Crippen LogP contribution in [0.15, 0.2) is 45.6 Å². The summed E-state index contributed by atoms with van der Waals surface area (Å²) in [5.41, 5.74) is 1.59. The Morgan fingerprint density at radius 1 is 1.15 bits per heavy atom. The molecule has 1 aromatic heterocycles. The summed E-state index contributed by atoms with van der Waals surface area (Å²) in [6, 6.07) is 10.7. The summed E-state index contributed by atoms with van der Waals surface area (Å²) in [7, 11) is 0. The van der Waals surface area contributed by atoms with E-state index in [9.17, 15) is 9.90 Å². The number of hydrogen-bond donors (Lipinski definition) is 1. The van der Waals surface area contributed by atoms with Crippen LogP contribution < -0.4 is 5.43 Å². The maximum Gasteiger partial charge on any atom is 0.204 e. The SMILES string of the molecule is CCC(C)c1ccc2oc3ccccc3c(=O)c2c1O. The van der Waals surface area contributed by atoms with E-state index in [2.05, 4.69) is 6.92 Å². The maximum absolute atomic E-state index is 12.6. The summed E-state index contributed by atoms with van der Waals surface area (Å²) in [6.45, 7) is 4.08. The minimum Gasteiger partial charge on any atom is -0.507 e. The van der Waals surface area contributed by atoms with E-state index in [0.29, 0.717) is 16.6 Å². The molecule has 0 aliphatic heterocycles. The van der Waals surface area contributed by atoms with Crippen LogP contribution in [0.25, 0.3) is 21.9 Å². The Labute approximate surface area is 116 Å². The van der Waals surface area contributed by atoms with Crippen LogP contribution in [-0.2, 0) is 0 Å². The Bertz CT molecular complexity index is 846. The molecular formula is C17H16O3. The minimum absolute atomic E-state index is 0.0522. The van der Waals surface area contributed by atoms with Gasteiger partial charge in [-0.1, -0.05) is 32.0 Å². The summed E-state index contributed by atoms with van der Waals surface area (Å²) in [6.07, 6.45) is 0.901. The second-order valence-electron chi connectivity index (χ2n) is 5.11. The van der Waals surface area contributed by atoms with E-state index in [1.807, 2.05) is 19.1 Å². The molecule has 20 heavy (non-hydrogen) atoms. The van der Waals surface area contributed by atoms with E-state index in [1.54, 1.807) is 24.3 Å². The first kappa shape index (κ1) is 12.7. The molecule has 1 N–H and O–H groups in total. The molecule has 3 heteroatoms. The predicted molar refractivity (Wildman–Crippen MR) is 80.4 cm³/mol. The highest BCUT2D eigenvalue weighted by molar-refractivity contribution is 5.93. The third-order valence-corrected chi connectivity index (χ3v) is 3.89. The number of phenolic OH excluding ortho intramolecular Hbond substituents is 1. The molecule has 0 spiro atoms. The monoisotopic (exact) mass is 268 g/mol. The smallest absolute Gasteiger partial charge is 0.204 e. The van der Waals surface area contributed by atoms with Crippen molar-refractivity contribution in [3.05, 3.63) is 52.2 Å². The average molecular weight is 268 g/mol. The summed E-state index contributed by atoms with van der Waals surface area (Å²) < 4.78 is 5.72. The third-order valence-electron chi connectivity index (χ3n) is 3.89. The van der Waals surface area contributed by atoms with Gasteiger partial charge in [0, 0.05) is 0 Å². The summed E-state index contributed by atoms with van der Waals surface area (Å²) >= 11 is 0. The fourth-order valence-electron chi connectivity index (χ4n) is 2.51. The minimum atomic E-state index is -0.176. The lowest BCUT2D eigenvalue weighted by Crippen LogP contribution is -2.04. The molecule has 1 unspecified atom stereocenters. The molecule has 0 radical (unpaired) electrons. The van der Waals surface area contributed by atoms with Crippen molar-refractivity contribution < 1.29 is 9.52 Å². The average Bonchev–Trinajstić information content (AvgIpc) is 2.47. The highest BCUT2D eigenvalue weighted by atomic mass is 16.3. The molecule has 0 saturated carbocycles. The van der Waals surface area contributed by atoms with Crippen LogP contribution in [0.1, 0.15) is 31.7 Å². The van der Waals surface area contributed by atoms with Crippen LogP contribution in [0.2, 0.25) is 0 Å². The molecule has 102 valence electrons. The van der Waals surface area contributed by atoms with Crippen molar-refractivity contribution in [3.63, 3.8) is 0 Å². The number of phenols is 1. The molecule has 0 amide bonds. The van der Waals surface area contributed by atoms with Crippen LogP contribution >= 0.6 is 0 Å². The van der Waals surface area contributed by atoms with Gasteiger partial charge in [-0.25, -0.2) is 0 Å². The predicted octanol–water partition coefficient (Wildman–Crippen LogP) is 4.17. The van der Waals surface area contributed by atoms with Crippen LogP contribution in [0.5, 0.6) is 5.75 Å². The molecule has 3 nitrogen and oxygen atoms in total. The lowest BCUT2D eigenvalue weighted by Gasteiger charge is -2.12. The van der Waals surface area contributed by atoms with Crippen molar-refractivity contribution in [2.75, 3.05) is 0 Å². The van der Waals surface area contributed by atoms with Gasteiger partial charge in [-0.05, 0) is 36.1 Å². The molecule has 0 aliphatic carbocycles. The van der Waals surface area contributed by atoms with Crippen LogP contribution in [0.4, 0.5) is 0 Å². The molecule has 3 rings (SSSR count). The first-order valence-electron chi connectivity index (χ1n) is 6.81. The van der Waals surface area contributed by atoms with Crippen molar-refractivity contribution >= 4 is 21.9 Å². The van der Waals surface area contributed by atoms with Gasteiger partial charge in [0.2, 0.25) is 5.43 Å². The van der Waals surface area contributed by atoms with Gasteiger partial charge in [-0.15, -0.1) is 0 Å². The fraction of sp³-hybridized carbons (Fsp3) is 0.235. The Morgan fingerprint density at radius 3 is 2.65 bits per heavy atom. The van der Waals surface area contributed by atoms with Gasteiger partial charge in [0.15, 0.2) is 0 Å². The number of rotatable bonds is 2. The van der Waals surface area contributed by atoms with Crippen molar-refractivity contribution in [2.24, 2.45) is 0 Å². The van der Waals surface area contributed by atoms with E-state index in [4.69, 9.17) is 4.42 Å². The number of hydrogen-bond acceptors (Lipinski definition) is 3. The topological polar surface area (TPSA) is 50.4 Å². The normalized spacial score (nSPS) is 12.9. The second kappa shape index (κ2) is 4.67. The largest absolute Gasteiger partial charge is 0.507 e. The quantitative estimate of drug-likeness (QED) is 0.710. The van der Waals surface area contributed by atoms with Gasteiger partial charge in [-0.3, -0.25) is 4.79 Å². The summed E-state index contributed by atoms with van der Waals surface area (Å²) in [5, 5.41) is 11.2. The highest BCUT2D eigenvalue weighted by Gasteiger charge is 2.16. The van der Waals surface area contributed by atoms with E-state index < -0.39 is 0 Å². The van der Waals surface area contributed by atoms with Crippen molar-refractivity contribution in [1.29, 1.82) is 0 Å². The van der Waals surface area contributed by atoms with Crippen LogP contribution in [0, 0.1) is 0 Å². The van der Waals surface area contributed by atoms with Gasteiger partial charge in [0.1, 0.15) is 22.3 Å². The zero-order chi connectivity index (χ0) is 14.3. The molecular weight excluding hydrogens is 252 g/mol. The van der Waals surface area contributed by atoms with E-state index in [1.165, 1.54) is 0 Å². The number of fused-ring (bicyclic) bond motifs is 2. The second-order valence-corrected chi connectivity index (χ2v) is 5.11. The van der Waals surface area contributed by atoms with E-state index in [-0.39, 0.29) is 22.5 Å². The summed E-state index contributed by atoms with van der Waals surface area (Å²) in [5.74, 6) is 0.252. The lowest BCUT2D eigenvalue weighted by molar-refractivity contribution is 0.467. The zero-order valence-electron chi connectivity index (χ0n) is 11.5. The summed E-state index contributed by atoms with van der Waals surface area (Å²) in [4.78, 5) is 12.6. The molecule has 1 heterocycles. The van der Waals surface area contributed by atoms with Gasteiger partial charge in [-0.2, -0.15) is 0 Å². The number of benzene rings is 2. The van der Waals surface area contributed by atoms with Crippen molar-refractivity contribution in [2.45, 2.75) is 26.2 Å². The molecule has 0 aliphatic rings. The van der Waals surface area contributed by atoms with Gasteiger partial charge < -0.3 is 9.52 Å². The van der Waals surface area contributed by atoms with Gasteiger partial charge in [0.05, 0.1) is 5.39 Å². The first-order valence-corrected chi connectivity index (χ1v) is 6.81. The van der Waals surface area contributed by atoms with Crippen LogP contribution in [-0.4, -0.2) is 5.11 Å². The number of aromatic hydroxyl groups is 1. The van der Waals surface area contributed by atoms with Crippen LogP contribution in [0.3, 0.4) is 0 Å². The molecule has 0 bridgehead atoms. The molecule has 2 aromatic carbocycles. The molecule has 0 fully saturated rings. The first-order chi connectivity index (χ1) is 9.63. The molecule has 0 saturated heterocycles. The molecule has 3 aromatic rings. The van der Waals surface area contributed by atoms with Gasteiger partial charge in [0.25, 0.3) is 0 Å². The van der Waals surface area contributed by atoms with Gasteiger partial charge >= 0.3 is 0 Å². The molecule has 1 atom stereocenters. The lowest BCUT2D eigenvalue weighted by atomic mass is 9.95. The number of para-hydroxylation sites is 1. The Hall–Kier alpha value is -2.29. The van der Waals surface area contributed by atoms with E-state index in [0.717, 1.165) is 12.0 Å². The highest BCUT2D eigenvalue weighted by Crippen LogP contribution is 2.34. The maximum atomic E-state index is 12.6. The Balaban J connectivity index is 2.45. The zero-order valence-corrected chi connectivity index (χ0v) is 11.5. The third kappa shape index (κ3) is 1.78. The van der Waals surface area contributed by atoms with Crippen molar-refractivity contribution in [1.82, 2.24) is 0 Å².